The van der Waals surface area contributed by atoms with Gasteiger partial charge in [-0.25, -0.2) is 4.98 Å². The van der Waals surface area contributed by atoms with Crippen molar-refractivity contribution in [3.63, 3.8) is 0 Å². The molecule has 2 aromatic carbocycles. The van der Waals surface area contributed by atoms with Gasteiger partial charge in [-0.1, -0.05) is 17.7 Å². The van der Waals surface area contributed by atoms with Crippen LogP contribution < -0.4 is 20.5 Å². The maximum Gasteiger partial charge on any atom is 0.416 e. The molecule has 4 aromatic rings. The van der Waals surface area contributed by atoms with Gasteiger partial charge in [-0.2, -0.15) is 18.3 Å². The molecule has 2 aliphatic rings. The molecule has 0 radical (unpaired) electrons. The molecule has 14 heteroatoms. The summed E-state index contributed by atoms with van der Waals surface area (Å²) in [6, 6.07) is 7.93. The third-order valence-electron chi connectivity index (χ3n) is 8.46. The maximum absolute atomic E-state index is 13.5. The summed E-state index contributed by atoms with van der Waals surface area (Å²) in [6.45, 7) is 1.57. The molecule has 0 aliphatic heterocycles. The average molecular weight is 672 g/mol. The van der Waals surface area contributed by atoms with Crippen molar-refractivity contribution in [1.29, 1.82) is 0 Å². The number of nitrogens with one attached hydrogen (secondary N) is 1. The van der Waals surface area contributed by atoms with E-state index in [4.69, 9.17) is 26.8 Å². The van der Waals surface area contributed by atoms with E-state index in [9.17, 15) is 27.9 Å². The SMILES string of the molecule is CCOc1c(CC(N)=O)cc([C@@](O)(CNC(=O)c2cc(OC)c3nn(C4CC4)cc3c2)C2CC2)nc1-c1ccc(C(F)(F)F)cc1Cl. The number of hydrogen-bond donors (Lipinski definition) is 3. The lowest BCUT2D eigenvalue weighted by Crippen LogP contribution is -2.43. The Labute approximate surface area is 273 Å². The fraction of sp³-hybridized carbons (Fsp3) is 0.394. The van der Waals surface area contributed by atoms with Crippen LogP contribution in [0.15, 0.2) is 42.6 Å². The third-order valence-corrected chi connectivity index (χ3v) is 8.78. The largest absolute Gasteiger partial charge is 0.494 e. The summed E-state index contributed by atoms with van der Waals surface area (Å²) >= 11 is 6.38. The number of alkyl halides is 3. The molecule has 47 heavy (non-hydrogen) atoms. The monoisotopic (exact) mass is 671 g/mol. The highest BCUT2D eigenvalue weighted by Gasteiger charge is 2.47. The van der Waals surface area contributed by atoms with Crippen LogP contribution in [0.25, 0.3) is 22.2 Å². The molecule has 2 aromatic heterocycles. The molecule has 2 saturated carbocycles. The topological polar surface area (TPSA) is 142 Å². The van der Waals surface area contributed by atoms with Crippen LogP contribution in [0.2, 0.25) is 5.02 Å². The number of rotatable bonds is 12. The van der Waals surface area contributed by atoms with Gasteiger partial charge in [0.15, 0.2) is 0 Å². The number of amides is 2. The molecule has 0 unspecified atom stereocenters. The van der Waals surface area contributed by atoms with Gasteiger partial charge in [0.1, 0.15) is 28.3 Å². The van der Waals surface area contributed by atoms with E-state index in [0.717, 1.165) is 30.4 Å². The molecule has 2 aliphatic carbocycles. The Kier molecular flexibility index (Phi) is 8.56. The first kappa shape index (κ1) is 32.6. The molecular weight excluding hydrogens is 639 g/mol. The van der Waals surface area contributed by atoms with Gasteiger partial charge in [-0.3, -0.25) is 14.3 Å². The number of hydrogen-bond acceptors (Lipinski definition) is 7. The molecule has 0 spiro atoms. The smallest absolute Gasteiger partial charge is 0.416 e. The van der Waals surface area contributed by atoms with E-state index in [1.54, 1.807) is 19.1 Å². The number of fused-ring (bicyclic) bond motifs is 1. The van der Waals surface area contributed by atoms with E-state index in [1.165, 1.54) is 19.2 Å². The summed E-state index contributed by atoms with van der Waals surface area (Å²) in [4.78, 5) is 30.3. The van der Waals surface area contributed by atoms with Gasteiger partial charge < -0.3 is 25.6 Å². The van der Waals surface area contributed by atoms with E-state index < -0.39 is 29.2 Å². The third kappa shape index (κ3) is 6.59. The van der Waals surface area contributed by atoms with Gasteiger partial charge in [0.2, 0.25) is 5.91 Å². The summed E-state index contributed by atoms with van der Waals surface area (Å²) in [7, 11) is 1.50. The van der Waals surface area contributed by atoms with E-state index in [0.29, 0.717) is 35.7 Å². The van der Waals surface area contributed by atoms with Crippen molar-refractivity contribution >= 4 is 34.3 Å². The van der Waals surface area contributed by atoms with Crippen molar-refractivity contribution < 1.29 is 37.3 Å². The Morgan fingerprint density at radius 3 is 2.49 bits per heavy atom. The Hall–Kier alpha value is -4.36. The first-order valence-corrected chi connectivity index (χ1v) is 15.6. The highest BCUT2D eigenvalue weighted by atomic mass is 35.5. The lowest BCUT2D eigenvalue weighted by atomic mass is 9.90. The van der Waals surface area contributed by atoms with Crippen molar-refractivity contribution in [2.75, 3.05) is 20.3 Å². The fourth-order valence-corrected chi connectivity index (χ4v) is 6.02. The number of pyridine rings is 1. The van der Waals surface area contributed by atoms with Crippen molar-refractivity contribution in [2.45, 2.75) is 56.8 Å². The van der Waals surface area contributed by atoms with Crippen LogP contribution in [0.1, 0.15) is 65.8 Å². The number of carbonyl (C=O) groups is 2. The number of nitrogens with two attached hydrogens (primary N) is 1. The Morgan fingerprint density at radius 2 is 1.89 bits per heavy atom. The predicted octanol–water partition coefficient (Wildman–Crippen LogP) is 5.57. The Morgan fingerprint density at radius 1 is 1.15 bits per heavy atom. The second-order valence-corrected chi connectivity index (χ2v) is 12.4. The minimum absolute atomic E-state index is 0.0348. The molecule has 2 heterocycles. The van der Waals surface area contributed by atoms with Gasteiger partial charge in [-0.15, -0.1) is 0 Å². The van der Waals surface area contributed by atoms with Crippen LogP contribution in [-0.4, -0.2) is 51.9 Å². The van der Waals surface area contributed by atoms with Crippen LogP contribution in [0.5, 0.6) is 11.5 Å². The standard InChI is InChI=1S/C33H33ClF3N5O5/c1-3-47-30-17(13-27(38)43)12-26(40-29(30)23-9-6-21(14-24(23)34)33(35,36)37)32(45,20-4-5-20)16-39-31(44)18-10-19-15-42(22-7-8-22)41-28(19)25(11-18)46-2/h6,9-12,14-15,20,22,45H,3-5,7-8,13,16H2,1-2H3,(H2,38,43)(H,39,44)/t32-/m1/s1. The minimum Gasteiger partial charge on any atom is -0.494 e. The minimum atomic E-state index is -4.63. The number of methoxy groups -OCH3 is 1. The van der Waals surface area contributed by atoms with Crippen molar-refractivity contribution in [1.82, 2.24) is 20.1 Å². The highest BCUT2D eigenvalue weighted by Crippen LogP contribution is 2.48. The first-order chi connectivity index (χ1) is 22.3. The summed E-state index contributed by atoms with van der Waals surface area (Å²) in [5.74, 6) is -0.944. The molecule has 2 fully saturated rings. The lowest BCUT2D eigenvalue weighted by Gasteiger charge is -2.30. The molecule has 6 rings (SSSR count). The fourth-order valence-electron chi connectivity index (χ4n) is 5.75. The average Bonchev–Trinajstić information content (AvgIpc) is 3.96. The lowest BCUT2D eigenvalue weighted by molar-refractivity contribution is -0.137. The van der Waals surface area contributed by atoms with E-state index in [1.807, 2.05) is 10.9 Å². The van der Waals surface area contributed by atoms with Gasteiger partial charge in [-0.05, 0) is 68.9 Å². The highest BCUT2D eigenvalue weighted by molar-refractivity contribution is 6.33. The quantitative estimate of drug-likeness (QED) is 0.179. The second kappa shape index (κ2) is 12.3. The Bertz CT molecular complexity index is 1870. The van der Waals surface area contributed by atoms with Crippen LogP contribution >= 0.6 is 11.6 Å². The maximum atomic E-state index is 13.5. The number of halogens is 4. The van der Waals surface area contributed by atoms with Crippen LogP contribution in [0, 0.1) is 5.92 Å². The van der Waals surface area contributed by atoms with Gasteiger partial charge >= 0.3 is 6.18 Å². The van der Waals surface area contributed by atoms with Crippen LogP contribution in [-0.2, 0) is 23.0 Å². The molecule has 2 amide bonds. The number of benzene rings is 2. The molecular formula is C33H33ClF3N5O5. The van der Waals surface area contributed by atoms with Crippen molar-refractivity contribution in [3.8, 4) is 22.8 Å². The van der Waals surface area contributed by atoms with Gasteiger partial charge in [0, 0.05) is 28.3 Å². The predicted molar refractivity (Wildman–Crippen MR) is 167 cm³/mol. The van der Waals surface area contributed by atoms with E-state index in [2.05, 4.69) is 15.4 Å². The van der Waals surface area contributed by atoms with E-state index >= 15 is 0 Å². The number of ether oxygens (including phenoxy) is 2. The summed E-state index contributed by atoms with van der Waals surface area (Å²) in [6.07, 6.45) is 0.274. The van der Waals surface area contributed by atoms with Crippen molar-refractivity contribution in [3.05, 3.63) is 70.0 Å². The zero-order valence-electron chi connectivity index (χ0n) is 25.7. The molecule has 1 atom stereocenters. The number of primary amides is 1. The molecule has 10 nitrogen and oxygen atoms in total. The van der Waals surface area contributed by atoms with Gasteiger partial charge in [0.25, 0.3) is 5.91 Å². The second-order valence-electron chi connectivity index (χ2n) is 12.0. The summed E-state index contributed by atoms with van der Waals surface area (Å²) in [5, 5.41) is 20.1. The molecule has 0 bridgehead atoms. The molecule has 0 saturated heterocycles. The van der Waals surface area contributed by atoms with Crippen molar-refractivity contribution in [2.24, 2.45) is 11.7 Å². The number of aliphatic hydroxyl groups is 1. The van der Waals surface area contributed by atoms with Crippen LogP contribution in [0.3, 0.4) is 0 Å². The first-order valence-electron chi connectivity index (χ1n) is 15.2. The van der Waals surface area contributed by atoms with Crippen LogP contribution in [0.4, 0.5) is 13.2 Å². The molecule has 4 N–H and O–H groups in total. The van der Waals surface area contributed by atoms with Gasteiger partial charge in [0.05, 0.1) is 49.0 Å². The Balaban J connectivity index is 1.38. The normalized spacial score (nSPS) is 16.1. The zero-order chi connectivity index (χ0) is 33.7. The number of nitrogens with zero attached hydrogens (tertiary/aromatic N) is 3. The number of aromatic nitrogens is 3. The summed E-state index contributed by atoms with van der Waals surface area (Å²) < 4.78 is 53.5. The van der Waals surface area contributed by atoms with E-state index in [-0.39, 0.29) is 58.8 Å². The zero-order valence-corrected chi connectivity index (χ0v) is 26.4. The summed E-state index contributed by atoms with van der Waals surface area (Å²) in [5.41, 5.74) is 4.31. The molecule has 248 valence electrons. The number of carbonyl (C=O) groups excluding carboxylic acids is 2.